The number of hydrogen-bond acceptors (Lipinski definition) is 2. The average Bonchev–Trinajstić information content (AvgIpc) is 2.29. The van der Waals surface area contributed by atoms with E-state index in [2.05, 4.69) is 31.0 Å². The Morgan fingerprint density at radius 1 is 1.31 bits per heavy atom. The third-order valence-electron chi connectivity index (χ3n) is 3.77. The highest BCUT2D eigenvalue weighted by atomic mass is 15.2. The van der Waals surface area contributed by atoms with Crippen molar-refractivity contribution in [3.8, 4) is 0 Å². The molecule has 2 nitrogen and oxygen atoms in total. The van der Waals surface area contributed by atoms with Crippen molar-refractivity contribution in [1.82, 2.24) is 10.2 Å². The predicted molar refractivity (Wildman–Crippen MR) is 71.9 cm³/mol. The van der Waals surface area contributed by atoms with Crippen LogP contribution in [0.25, 0.3) is 0 Å². The van der Waals surface area contributed by atoms with E-state index in [0.29, 0.717) is 6.04 Å². The van der Waals surface area contributed by atoms with Crippen molar-refractivity contribution >= 4 is 0 Å². The standard InChI is InChI=1S/C14H30N2/c1-4-8-14-9-6-7-11-16(14)12-10-13(3)15-5-2/h13-15H,4-12H2,1-3H3. The fourth-order valence-electron chi connectivity index (χ4n) is 2.82. The van der Waals surface area contributed by atoms with Crippen molar-refractivity contribution in [2.45, 2.75) is 71.4 Å². The molecule has 0 aromatic carbocycles. The second-order valence-corrected chi connectivity index (χ2v) is 5.22. The molecule has 2 unspecified atom stereocenters. The van der Waals surface area contributed by atoms with E-state index >= 15 is 0 Å². The van der Waals surface area contributed by atoms with Crippen molar-refractivity contribution < 1.29 is 0 Å². The summed E-state index contributed by atoms with van der Waals surface area (Å²) in [4.78, 5) is 2.74. The molecular formula is C14H30N2. The van der Waals surface area contributed by atoms with Gasteiger partial charge in [0.25, 0.3) is 0 Å². The smallest absolute Gasteiger partial charge is 0.00951 e. The number of nitrogens with zero attached hydrogens (tertiary/aromatic N) is 1. The SMILES string of the molecule is CCCC1CCCCN1CCC(C)NCC. The molecule has 0 radical (unpaired) electrons. The highest BCUT2D eigenvalue weighted by molar-refractivity contribution is 4.77. The van der Waals surface area contributed by atoms with E-state index in [-0.39, 0.29) is 0 Å². The fourth-order valence-corrected chi connectivity index (χ4v) is 2.82. The summed E-state index contributed by atoms with van der Waals surface area (Å²) in [5, 5.41) is 3.51. The molecule has 1 heterocycles. The van der Waals surface area contributed by atoms with E-state index in [9.17, 15) is 0 Å². The van der Waals surface area contributed by atoms with E-state index < -0.39 is 0 Å². The zero-order chi connectivity index (χ0) is 11.8. The Morgan fingerprint density at radius 2 is 2.12 bits per heavy atom. The van der Waals surface area contributed by atoms with Gasteiger partial charge < -0.3 is 10.2 Å². The van der Waals surface area contributed by atoms with Gasteiger partial charge in [0, 0.05) is 12.1 Å². The van der Waals surface area contributed by atoms with Crippen molar-refractivity contribution in [2.75, 3.05) is 19.6 Å². The Bertz CT molecular complexity index is 168. The first-order valence-corrected chi connectivity index (χ1v) is 7.25. The second kappa shape index (κ2) is 8.08. The first kappa shape index (κ1) is 14.0. The van der Waals surface area contributed by atoms with Crippen molar-refractivity contribution in [1.29, 1.82) is 0 Å². The van der Waals surface area contributed by atoms with Crippen LogP contribution in [0.5, 0.6) is 0 Å². The van der Waals surface area contributed by atoms with Crippen LogP contribution in [0, 0.1) is 0 Å². The number of piperidine rings is 1. The monoisotopic (exact) mass is 226 g/mol. The lowest BCUT2D eigenvalue weighted by Crippen LogP contribution is -2.42. The molecule has 1 aliphatic rings. The van der Waals surface area contributed by atoms with E-state index in [1.807, 2.05) is 0 Å². The van der Waals surface area contributed by atoms with Crippen molar-refractivity contribution in [2.24, 2.45) is 0 Å². The minimum atomic E-state index is 0.675. The summed E-state index contributed by atoms with van der Waals surface area (Å²) in [5.74, 6) is 0. The lowest BCUT2D eigenvalue weighted by molar-refractivity contribution is 0.134. The normalized spacial score (nSPS) is 24.6. The van der Waals surface area contributed by atoms with Gasteiger partial charge in [0.1, 0.15) is 0 Å². The Kier molecular flexibility index (Phi) is 7.06. The summed E-state index contributed by atoms with van der Waals surface area (Å²) in [7, 11) is 0. The van der Waals surface area contributed by atoms with Gasteiger partial charge in [-0.2, -0.15) is 0 Å². The first-order chi connectivity index (χ1) is 7.77. The van der Waals surface area contributed by atoms with Crippen LogP contribution in [-0.2, 0) is 0 Å². The molecule has 1 saturated heterocycles. The maximum Gasteiger partial charge on any atom is 0.00951 e. The third kappa shape index (κ3) is 4.84. The van der Waals surface area contributed by atoms with Crippen LogP contribution in [0.2, 0.25) is 0 Å². The topological polar surface area (TPSA) is 15.3 Å². The van der Waals surface area contributed by atoms with E-state index in [1.165, 1.54) is 51.6 Å². The summed E-state index contributed by atoms with van der Waals surface area (Å²) in [6, 6.07) is 1.56. The lowest BCUT2D eigenvalue weighted by atomic mass is 9.97. The lowest BCUT2D eigenvalue weighted by Gasteiger charge is -2.36. The van der Waals surface area contributed by atoms with Gasteiger partial charge in [-0.3, -0.25) is 0 Å². The van der Waals surface area contributed by atoms with E-state index in [1.54, 1.807) is 0 Å². The van der Waals surface area contributed by atoms with Gasteiger partial charge in [-0.1, -0.05) is 26.7 Å². The first-order valence-electron chi connectivity index (χ1n) is 7.25. The van der Waals surface area contributed by atoms with Gasteiger partial charge in [0.2, 0.25) is 0 Å². The summed E-state index contributed by atoms with van der Waals surface area (Å²) in [5.41, 5.74) is 0. The Balaban J connectivity index is 2.26. The number of hydrogen-bond donors (Lipinski definition) is 1. The van der Waals surface area contributed by atoms with Crippen LogP contribution >= 0.6 is 0 Å². The highest BCUT2D eigenvalue weighted by Crippen LogP contribution is 2.21. The zero-order valence-corrected chi connectivity index (χ0v) is 11.5. The van der Waals surface area contributed by atoms with Crippen LogP contribution in [0.15, 0.2) is 0 Å². The summed E-state index contributed by atoms with van der Waals surface area (Å²) in [6.45, 7) is 10.5. The van der Waals surface area contributed by atoms with Crippen molar-refractivity contribution in [3.63, 3.8) is 0 Å². The maximum absolute atomic E-state index is 3.51. The highest BCUT2D eigenvalue weighted by Gasteiger charge is 2.21. The minimum absolute atomic E-state index is 0.675. The molecule has 1 fully saturated rings. The minimum Gasteiger partial charge on any atom is -0.314 e. The molecule has 0 bridgehead atoms. The van der Waals surface area contributed by atoms with E-state index in [0.717, 1.165) is 12.6 Å². The summed E-state index contributed by atoms with van der Waals surface area (Å²) in [6.07, 6.45) is 8.33. The molecule has 0 saturated carbocycles. The Hall–Kier alpha value is -0.0800. The second-order valence-electron chi connectivity index (χ2n) is 5.22. The van der Waals surface area contributed by atoms with Crippen LogP contribution in [-0.4, -0.2) is 36.6 Å². The zero-order valence-electron chi connectivity index (χ0n) is 11.5. The predicted octanol–water partition coefficient (Wildman–Crippen LogP) is 3.03. The average molecular weight is 226 g/mol. The van der Waals surface area contributed by atoms with Gasteiger partial charge in [0.05, 0.1) is 0 Å². The third-order valence-corrected chi connectivity index (χ3v) is 3.77. The number of likely N-dealkylation sites (tertiary alicyclic amines) is 1. The van der Waals surface area contributed by atoms with Gasteiger partial charge in [0.15, 0.2) is 0 Å². The molecule has 0 aliphatic carbocycles. The van der Waals surface area contributed by atoms with Crippen LogP contribution < -0.4 is 5.32 Å². The molecular weight excluding hydrogens is 196 g/mol. The molecule has 2 heteroatoms. The van der Waals surface area contributed by atoms with Crippen LogP contribution in [0.3, 0.4) is 0 Å². The summed E-state index contributed by atoms with van der Waals surface area (Å²) < 4.78 is 0. The molecule has 0 amide bonds. The van der Waals surface area contributed by atoms with Crippen LogP contribution in [0.4, 0.5) is 0 Å². The van der Waals surface area contributed by atoms with Gasteiger partial charge >= 0.3 is 0 Å². The molecule has 16 heavy (non-hydrogen) atoms. The Labute approximate surface area is 102 Å². The summed E-state index contributed by atoms with van der Waals surface area (Å²) >= 11 is 0. The molecule has 1 N–H and O–H groups in total. The van der Waals surface area contributed by atoms with Gasteiger partial charge in [-0.15, -0.1) is 0 Å². The van der Waals surface area contributed by atoms with Gasteiger partial charge in [-0.25, -0.2) is 0 Å². The largest absolute Gasteiger partial charge is 0.314 e. The number of rotatable bonds is 7. The molecule has 1 rings (SSSR count). The Morgan fingerprint density at radius 3 is 2.81 bits per heavy atom. The van der Waals surface area contributed by atoms with Crippen LogP contribution in [0.1, 0.15) is 59.3 Å². The van der Waals surface area contributed by atoms with Crippen molar-refractivity contribution in [3.05, 3.63) is 0 Å². The molecule has 96 valence electrons. The van der Waals surface area contributed by atoms with E-state index in [4.69, 9.17) is 0 Å². The molecule has 0 aromatic heterocycles. The number of nitrogens with one attached hydrogen (secondary N) is 1. The fraction of sp³-hybridized carbons (Fsp3) is 1.00. The quantitative estimate of drug-likeness (QED) is 0.718. The molecule has 0 spiro atoms. The molecule has 1 aliphatic heterocycles. The van der Waals surface area contributed by atoms with Gasteiger partial charge in [-0.05, 0) is 52.2 Å². The maximum atomic E-state index is 3.51. The molecule has 2 atom stereocenters. The molecule has 0 aromatic rings.